The second-order valence-electron chi connectivity index (χ2n) is 5.22. The van der Waals surface area contributed by atoms with E-state index in [9.17, 15) is 15.3 Å². The largest absolute Gasteiger partial charge is 0.504 e. The molecule has 0 fully saturated rings. The average Bonchev–Trinajstić information content (AvgIpc) is 2.24. The molecule has 3 nitrogen and oxygen atoms in total. The van der Waals surface area contributed by atoms with Crippen LogP contribution in [0.4, 0.5) is 0 Å². The summed E-state index contributed by atoms with van der Waals surface area (Å²) in [6, 6.07) is 7.17. The zero-order valence-electron chi connectivity index (χ0n) is 10.2. The van der Waals surface area contributed by atoms with E-state index in [0.29, 0.717) is 10.9 Å². The lowest BCUT2D eigenvalue weighted by atomic mass is 9.82. The number of aromatic hydroxyl groups is 3. The number of phenols is 3. The van der Waals surface area contributed by atoms with Crippen LogP contribution in [0.1, 0.15) is 26.3 Å². The molecule has 0 bridgehead atoms. The molecule has 0 aliphatic heterocycles. The number of hydrogen-bond acceptors (Lipinski definition) is 3. The third-order valence-electron chi connectivity index (χ3n) is 2.89. The normalized spacial score (nSPS) is 11.9. The minimum atomic E-state index is -0.450. The number of phenolic OH excluding ortho intramolecular Hbond substituents is 3. The van der Waals surface area contributed by atoms with E-state index in [-0.39, 0.29) is 16.9 Å². The third-order valence-corrected chi connectivity index (χ3v) is 2.89. The van der Waals surface area contributed by atoms with Gasteiger partial charge in [-0.05, 0) is 10.8 Å². The van der Waals surface area contributed by atoms with Crippen LogP contribution in [-0.2, 0) is 5.41 Å². The van der Waals surface area contributed by atoms with E-state index in [1.807, 2.05) is 32.9 Å². The second-order valence-corrected chi connectivity index (χ2v) is 5.22. The second kappa shape index (κ2) is 3.55. The molecule has 2 rings (SSSR count). The molecule has 0 unspecified atom stereocenters. The Morgan fingerprint density at radius 3 is 1.82 bits per heavy atom. The maximum absolute atomic E-state index is 10.0. The summed E-state index contributed by atoms with van der Waals surface area (Å²) in [5, 5.41) is 30.9. The van der Waals surface area contributed by atoms with Gasteiger partial charge in [-0.25, -0.2) is 0 Å². The summed E-state index contributed by atoms with van der Waals surface area (Å²) in [7, 11) is 0. The van der Waals surface area contributed by atoms with Crippen LogP contribution in [0.3, 0.4) is 0 Å². The van der Waals surface area contributed by atoms with Gasteiger partial charge in [0.2, 0.25) is 5.75 Å². The van der Waals surface area contributed by atoms with Gasteiger partial charge in [0.05, 0.1) is 0 Å². The fourth-order valence-corrected chi connectivity index (χ4v) is 2.15. The zero-order chi connectivity index (χ0) is 12.8. The van der Waals surface area contributed by atoms with E-state index in [2.05, 4.69) is 0 Å². The Morgan fingerprint density at radius 2 is 1.29 bits per heavy atom. The first kappa shape index (κ1) is 11.6. The van der Waals surface area contributed by atoms with Crippen molar-refractivity contribution in [3.05, 3.63) is 29.8 Å². The predicted molar refractivity (Wildman–Crippen MR) is 67.6 cm³/mol. The molecule has 3 N–H and O–H groups in total. The Labute approximate surface area is 100.0 Å². The molecule has 0 aliphatic rings. The van der Waals surface area contributed by atoms with E-state index in [4.69, 9.17) is 0 Å². The summed E-state index contributed by atoms with van der Waals surface area (Å²) >= 11 is 0. The van der Waals surface area contributed by atoms with E-state index in [1.165, 1.54) is 0 Å². The highest BCUT2D eigenvalue weighted by Gasteiger charge is 2.26. The van der Waals surface area contributed by atoms with Gasteiger partial charge >= 0.3 is 0 Å². The van der Waals surface area contributed by atoms with Gasteiger partial charge in [0.1, 0.15) is 0 Å². The molecular formula is C14H16O3. The van der Waals surface area contributed by atoms with E-state index < -0.39 is 5.75 Å². The van der Waals surface area contributed by atoms with Crippen molar-refractivity contribution < 1.29 is 15.3 Å². The Kier molecular flexibility index (Phi) is 2.42. The van der Waals surface area contributed by atoms with Crippen molar-refractivity contribution in [3.63, 3.8) is 0 Å². The summed E-state index contributed by atoms with van der Waals surface area (Å²) in [5.74, 6) is -0.964. The Balaban J connectivity index is 3.01. The van der Waals surface area contributed by atoms with Crippen LogP contribution in [0.2, 0.25) is 0 Å². The molecular weight excluding hydrogens is 216 g/mol. The molecule has 0 saturated carbocycles. The molecule has 0 aliphatic carbocycles. The summed E-state index contributed by atoms with van der Waals surface area (Å²) in [6.07, 6.45) is 0. The number of hydrogen-bond donors (Lipinski definition) is 3. The number of benzene rings is 2. The molecule has 0 spiro atoms. The van der Waals surface area contributed by atoms with E-state index >= 15 is 0 Å². The molecule has 0 radical (unpaired) electrons. The molecule has 17 heavy (non-hydrogen) atoms. The highest BCUT2D eigenvalue weighted by atomic mass is 16.3. The Bertz CT molecular complexity index is 580. The van der Waals surface area contributed by atoms with Gasteiger partial charge in [-0.3, -0.25) is 0 Å². The van der Waals surface area contributed by atoms with E-state index in [1.54, 1.807) is 12.1 Å². The number of rotatable bonds is 0. The maximum atomic E-state index is 10.0. The molecule has 0 saturated heterocycles. The molecule has 2 aromatic rings. The van der Waals surface area contributed by atoms with Gasteiger partial charge in [0.25, 0.3) is 0 Å². The number of fused-ring (bicyclic) bond motifs is 1. The lowest BCUT2D eigenvalue weighted by molar-refractivity contribution is 0.363. The molecule has 0 atom stereocenters. The van der Waals surface area contributed by atoms with Crippen molar-refractivity contribution in [2.45, 2.75) is 26.2 Å². The first-order valence-electron chi connectivity index (χ1n) is 5.50. The van der Waals surface area contributed by atoms with Crippen molar-refractivity contribution in [3.8, 4) is 17.2 Å². The van der Waals surface area contributed by atoms with Gasteiger partial charge in [0, 0.05) is 10.9 Å². The monoisotopic (exact) mass is 232 g/mol. The van der Waals surface area contributed by atoms with Crippen LogP contribution in [0, 0.1) is 0 Å². The molecule has 0 heterocycles. The topological polar surface area (TPSA) is 60.7 Å². The highest BCUT2D eigenvalue weighted by Crippen LogP contribution is 2.48. The van der Waals surface area contributed by atoms with Gasteiger partial charge in [-0.1, -0.05) is 45.0 Å². The van der Waals surface area contributed by atoms with Gasteiger partial charge < -0.3 is 15.3 Å². The summed E-state index contributed by atoms with van der Waals surface area (Å²) in [6.45, 7) is 5.85. The van der Waals surface area contributed by atoms with Crippen molar-refractivity contribution in [1.82, 2.24) is 0 Å². The van der Waals surface area contributed by atoms with Crippen molar-refractivity contribution >= 4 is 10.8 Å². The minimum Gasteiger partial charge on any atom is -0.504 e. The first-order chi connectivity index (χ1) is 7.84. The van der Waals surface area contributed by atoms with Crippen molar-refractivity contribution in [1.29, 1.82) is 0 Å². The highest BCUT2D eigenvalue weighted by molar-refractivity contribution is 5.96. The summed E-state index contributed by atoms with van der Waals surface area (Å²) < 4.78 is 0. The Hall–Kier alpha value is -1.90. The van der Waals surface area contributed by atoms with Crippen LogP contribution in [0.15, 0.2) is 24.3 Å². The molecule has 2 aromatic carbocycles. The van der Waals surface area contributed by atoms with Gasteiger partial charge in [-0.2, -0.15) is 0 Å². The fraction of sp³-hybridized carbons (Fsp3) is 0.286. The molecule has 90 valence electrons. The molecule has 0 amide bonds. The quantitative estimate of drug-likeness (QED) is 0.611. The third kappa shape index (κ3) is 1.68. The standard InChI is InChI=1S/C14H16O3/c1-14(2,3)10-8-6-4-5-7-9(8)11(15)13(17)12(10)16/h4-7,15-17H,1-3H3. The zero-order valence-corrected chi connectivity index (χ0v) is 10.2. The fourth-order valence-electron chi connectivity index (χ4n) is 2.15. The Morgan fingerprint density at radius 1 is 0.765 bits per heavy atom. The van der Waals surface area contributed by atoms with Crippen LogP contribution in [-0.4, -0.2) is 15.3 Å². The summed E-state index contributed by atoms with van der Waals surface area (Å²) in [4.78, 5) is 0. The molecule has 3 heteroatoms. The first-order valence-corrected chi connectivity index (χ1v) is 5.50. The molecule has 0 aromatic heterocycles. The predicted octanol–water partition coefficient (Wildman–Crippen LogP) is 3.25. The SMILES string of the molecule is CC(C)(C)c1c(O)c(O)c(O)c2ccccc12. The average molecular weight is 232 g/mol. The minimum absolute atomic E-state index is 0.242. The van der Waals surface area contributed by atoms with Gasteiger partial charge in [0.15, 0.2) is 11.5 Å². The van der Waals surface area contributed by atoms with Crippen LogP contribution >= 0.6 is 0 Å². The van der Waals surface area contributed by atoms with Crippen LogP contribution in [0.5, 0.6) is 17.2 Å². The van der Waals surface area contributed by atoms with Crippen LogP contribution < -0.4 is 0 Å². The maximum Gasteiger partial charge on any atom is 0.201 e. The summed E-state index contributed by atoms with van der Waals surface area (Å²) in [5.41, 5.74) is 0.318. The lowest BCUT2D eigenvalue weighted by Gasteiger charge is -2.23. The smallest absolute Gasteiger partial charge is 0.201 e. The van der Waals surface area contributed by atoms with Crippen LogP contribution in [0.25, 0.3) is 10.8 Å². The van der Waals surface area contributed by atoms with Crippen molar-refractivity contribution in [2.75, 3.05) is 0 Å². The van der Waals surface area contributed by atoms with Crippen molar-refractivity contribution in [2.24, 2.45) is 0 Å². The lowest BCUT2D eigenvalue weighted by Crippen LogP contribution is -2.12. The van der Waals surface area contributed by atoms with E-state index in [0.717, 1.165) is 5.39 Å². The van der Waals surface area contributed by atoms with Gasteiger partial charge in [-0.15, -0.1) is 0 Å².